The third kappa shape index (κ3) is 3.07. The summed E-state index contributed by atoms with van der Waals surface area (Å²) in [6.45, 7) is 4.06. The van der Waals surface area contributed by atoms with E-state index >= 15 is 0 Å². The molecule has 0 amide bonds. The maximum atomic E-state index is 10.3. The second kappa shape index (κ2) is 4.29. The molecule has 2 nitrogen and oxygen atoms in total. The molecule has 1 saturated carbocycles. The van der Waals surface area contributed by atoms with Crippen LogP contribution in [0.2, 0.25) is 0 Å². The van der Waals surface area contributed by atoms with Gasteiger partial charge in [0, 0.05) is 0 Å². The first-order valence-electron chi connectivity index (χ1n) is 4.61. The van der Waals surface area contributed by atoms with Crippen LogP contribution in [0.1, 0.15) is 33.1 Å². The minimum Gasteiger partial charge on any atom is -0.434 e. The van der Waals surface area contributed by atoms with Gasteiger partial charge in [-0.05, 0) is 18.9 Å². The highest BCUT2D eigenvalue weighted by Crippen LogP contribution is 2.31. The Kier molecular flexibility index (Phi) is 3.32. The minimum absolute atomic E-state index is 0.0278. The molecule has 0 radical (unpaired) electrons. The van der Waals surface area contributed by atoms with Gasteiger partial charge in [0.15, 0.2) is 0 Å². The number of hydrogen-bond donors (Lipinski definition) is 0. The van der Waals surface area contributed by atoms with Gasteiger partial charge in [-0.15, -0.1) is 0 Å². The van der Waals surface area contributed by atoms with Gasteiger partial charge in [0.1, 0.15) is 0 Å². The number of esters is 1. The summed E-state index contributed by atoms with van der Waals surface area (Å²) in [5.74, 6) is 0.954. The Balaban J connectivity index is 0.000000127. The van der Waals surface area contributed by atoms with Crippen molar-refractivity contribution >= 4 is 5.97 Å². The molecule has 0 aromatic rings. The zero-order valence-corrected chi connectivity index (χ0v) is 7.75. The molecule has 1 aliphatic carbocycles. The van der Waals surface area contributed by atoms with Gasteiger partial charge in [-0.25, -0.2) is 0 Å². The van der Waals surface area contributed by atoms with Crippen molar-refractivity contribution in [1.82, 2.24) is 0 Å². The van der Waals surface area contributed by atoms with E-state index in [2.05, 4.69) is 11.7 Å². The van der Waals surface area contributed by atoms with E-state index < -0.39 is 0 Å². The Hall–Kier alpha value is -0.790. The fraction of sp³-hybridized carbons (Fsp3) is 0.700. The van der Waals surface area contributed by atoms with Gasteiger partial charge < -0.3 is 4.74 Å². The second-order valence-corrected chi connectivity index (χ2v) is 3.41. The lowest BCUT2D eigenvalue weighted by Crippen LogP contribution is -2.01. The highest BCUT2D eigenvalue weighted by atomic mass is 16.5. The summed E-state index contributed by atoms with van der Waals surface area (Å²) in [5, 5.41) is 0. The largest absolute Gasteiger partial charge is 0.434 e. The maximum Gasteiger partial charge on any atom is 0.317 e. The van der Waals surface area contributed by atoms with Crippen LogP contribution in [0.5, 0.6) is 0 Å². The Bertz CT molecular complexity index is 180. The average Bonchev–Trinajstić information content (AvgIpc) is 2.82. The zero-order valence-electron chi connectivity index (χ0n) is 7.75. The van der Waals surface area contributed by atoms with Crippen molar-refractivity contribution in [2.24, 2.45) is 11.8 Å². The van der Waals surface area contributed by atoms with Crippen LogP contribution >= 0.6 is 0 Å². The van der Waals surface area contributed by atoms with Gasteiger partial charge in [0.2, 0.25) is 0 Å². The fourth-order valence-corrected chi connectivity index (χ4v) is 0.936. The summed E-state index contributed by atoms with van der Waals surface area (Å²) in [7, 11) is 0. The van der Waals surface area contributed by atoms with E-state index in [1.54, 1.807) is 13.0 Å². The van der Waals surface area contributed by atoms with Crippen molar-refractivity contribution < 1.29 is 9.53 Å². The molecule has 1 atom stereocenters. The van der Waals surface area contributed by atoms with Crippen molar-refractivity contribution in [2.75, 3.05) is 0 Å². The molecule has 0 bridgehead atoms. The standard InChI is InChI=1S/C5H6O2.C5H10/c1-4-2-3-7-5(4)6;1-2-5-3-4-5/h2-4H,1H3;5H,2-4H2,1H3. The number of hydrogen-bond acceptors (Lipinski definition) is 2. The molecular formula is C10H16O2. The Labute approximate surface area is 73.6 Å². The third-order valence-electron chi connectivity index (χ3n) is 2.20. The van der Waals surface area contributed by atoms with Crippen LogP contribution in [0.15, 0.2) is 12.3 Å². The summed E-state index contributed by atoms with van der Waals surface area (Å²) in [4.78, 5) is 10.3. The number of ether oxygens (including phenoxy) is 1. The van der Waals surface area contributed by atoms with E-state index in [4.69, 9.17) is 0 Å². The van der Waals surface area contributed by atoms with Crippen LogP contribution in [-0.4, -0.2) is 5.97 Å². The molecule has 0 aromatic carbocycles. The maximum absolute atomic E-state index is 10.3. The number of carbonyl (C=O) groups excluding carboxylic acids is 1. The molecule has 1 heterocycles. The van der Waals surface area contributed by atoms with E-state index in [-0.39, 0.29) is 11.9 Å². The number of carbonyl (C=O) groups is 1. The van der Waals surface area contributed by atoms with Crippen molar-refractivity contribution in [3.8, 4) is 0 Å². The molecule has 0 saturated heterocycles. The lowest BCUT2D eigenvalue weighted by molar-refractivity contribution is -0.138. The molecule has 2 aliphatic rings. The van der Waals surface area contributed by atoms with Crippen LogP contribution in [0.4, 0.5) is 0 Å². The summed E-state index contributed by atoms with van der Waals surface area (Å²) in [6.07, 6.45) is 7.59. The van der Waals surface area contributed by atoms with Gasteiger partial charge in [0.25, 0.3) is 0 Å². The molecule has 2 rings (SSSR count). The lowest BCUT2D eigenvalue weighted by atomic mass is 10.2. The topological polar surface area (TPSA) is 26.3 Å². The average molecular weight is 168 g/mol. The van der Waals surface area contributed by atoms with Gasteiger partial charge in [0.05, 0.1) is 12.2 Å². The first kappa shape index (κ1) is 9.30. The summed E-state index contributed by atoms with van der Waals surface area (Å²) in [5.41, 5.74) is 0. The molecule has 12 heavy (non-hydrogen) atoms. The van der Waals surface area contributed by atoms with Crippen molar-refractivity contribution in [2.45, 2.75) is 33.1 Å². The molecule has 0 spiro atoms. The van der Waals surface area contributed by atoms with Gasteiger partial charge in [-0.2, -0.15) is 0 Å². The third-order valence-corrected chi connectivity index (χ3v) is 2.20. The summed E-state index contributed by atoms with van der Waals surface area (Å²) in [6, 6.07) is 0. The Morgan fingerprint density at radius 2 is 2.25 bits per heavy atom. The van der Waals surface area contributed by atoms with Crippen molar-refractivity contribution in [1.29, 1.82) is 0 Å². The molecule has 1 fully saturated rings. The van der Waals surface area contributed by atoms with Crippen LogP contribution in [0.3, 0.4) is 0 Å². The minimum atomic E-state index is -0.153. The second-order valence-electron chi connectivity index (χ2n) is 3.41. The number of cyclic esters (lactones) is 1. The van der Waals surface area contributed by atoms with E-state index in [9.17, 15) is 4.79 Å². The fourth-order valence-electron chi connectivity index (χ4n) is 0.936. The first-order valence-corrected chi connectivity index (χ1v) is 4.61. The highest BCUT2D eigenvalue weighted by Gasteiger charge is 2.17. The van der Waals surface area contributed by atoms with Gasteiger partial charge >= 0.3 is 5.97 Å². The molecular weight excluding hydrogens is 152 g/mol. The quantitative estimate of drug-likeness (QED) is 0.562. The SMILES string of the molecule is CC1C=COC1=O.CCC1CC1. The monoisotopic (exact) mass is 168 g/mol. The molecule has 1 unspecified atom stereocenters. The summed E-state index contributed by atoms with van der Waals surface area (Å²) >= 11 is 0. The van der Waals surface area contributed by atoms with Crippen LogP contribution in [-0.2, 0) is 9.53 Å². The van der Waals surface area contributed by atoms with E-state index in [0.717, 1.165) is 5.92 Å². The predicted molar refractivity (Wildman–Crippen MR) is 47.4 cm³/mol. The summed E-state index contributed by atoms with van der Waals surface area (Å²) < 4.78 is 4.45. The first-order chi connectivity index (χ1) is 5.74. The van der Waals surface area contributed by atoms with Crippen LogP contribution < -0.4 is 0 Å². The van der Waals surface area contributed by atoms with Crippen molar-refractivity contribution in [3.63, 3.8) is 0 Å². The number of rotatable bonds is 1. The van der Waals surface area contributed by atoms with Crippen LogP contribution in [0, 0.1) is 11.8 Å². The van der Waals surface area contributed by atoms with E-state index in [1.165, 1.54) is 25.5 Å². The van der Waals surface area contributed by atoms with E-state index in [1.807, 2.05) is 0 Å². The van der Waals surface area contributed by atoms with E-state index in [0.29, 0.717) is 0 Å². The van der Waals surface area contributed by atoms with Crippen molar-refractivity contribution in [3.05, 3.63) is 12.3 Å². The molecule has 2 heteroatoms. The highest BCUT2D eigenvalue weighted by molar-refractivity contribution is 5.76. The van der Waals surface area contributed by atoms with Crippen LogP contribution in [0.25, 0.3) is 0 Å². The molecule has 0 N–H and O–H groups in total. The lowest BCUT2D eigenvalue weighted by Gasteiger charge is -1.89. The molecule has 0 aromatic heterocycles. The molecule has 1 aliphatic heterocycles. The van der Waals surface area contributed by atoms with Gasteiger partial charge in [-0.1, -0.05) is 26.2 Å². The van der Waals surface area contributed by atoms with Gasteiger partial charge in [-0.3, -0.25) is 4.79 Å². The Morgan fingerprint density at radius 1 is 1.58 bits per heavy atom. The smallest absolute Gasteiger partial charge is 0.317 e. The zero-order chi connectivity index (χ0) is 8.97. The normalized spacial score (nSPS) is 26.2. The predicted octanol–water partition coefficient (Wildman–Crippen LogP) is 2.50. The molecule has 68 valence electrons. The Morgan fingerprint density at radius 3 is 2.33 bits per heavy atom.